The summed E-state index contributed by atoms with van der Waals surface area (Å²) in [7, 11) is 0. The molecule has 1 N–H and O–H groups in total. The number of halogens is 1. The van der Waals surface area contributed by atoms with E-state index in [2.05, 4.69) is 56.1 Å². The summed E-state index contributed by atoms with van der Waals surface area (Å²) in [5.41, 5.74) is 1.85. The van der Waals surface area contributed by atoms with Crippen molar-refractivity contribution >= 4 is 11.6 Å². The second-order valence-electron chi connectivity index (χ2n) is 10.4. The van der Waals surface area contributed by atoms with Gasteiger partial charge in [0, 0.05) is 19.1 Å². The van der Waals surface area contributed by atoms with Gasteiger partial charge in [-0.1, -0.05) is 65.2 Å². The lowest BCUT2D eigenvalue weighted by atomic mass is 9.69. The molecule has 3 aliphatic rings. The van der Waals surface area contributed by atoms with Crippen molar-refractivity contribution in [3.8, 4) is 0 Å². The first-order valence-corrected chi connectivity index (χ1v) is 12.3. The molecule has 160 valence electrons. The highest BCUT2D eigenvalue weighted by Gasteiger charge is 2.38. The molecule has 2 aliphatic carbocycles. The van der Waals surface area contributed by atoms with E-state index in [9.17, 15) is 0 Å². The maximum absolute atomic E-state index is 6.25. The first-order chi connectivity index (χ1) is 13.4. The van der Waals surface area contributed by atoms with Gasteiger partial charge in [-0.15, -0.1) is 11.6 Å². The van der Waals surface area contributed by atoms with Crippen LogP contribution in [0, 0.1) is 23.2 Å². The van der Waals surface area contributed by atoms with Crippen molar-refractivity contribution in [2.75, 3.05) is 26.2 Å². The summed E-state index contributed by atoms with van der Waals surface area (Å²) in [5.74, 6) is 2.33. The molecule has 2 nitrogen and oxygen atoms in total. The number of nitrogens with zero attached hydrogens (tertiary/aromatic N) is 1. The molecule has 1 saturated carbocycles. The third kappa shape index (κ3) is 5.86. The van der Waals surface area contributed by atoms with Gasteiger partial charge < -0.3 is 10.2 Å². The summed E-state index contributed by atoms with van der Waals surface area (Å²) < 4.78 is 0. The van der Waals surface area contributed by atoms with Crippen LogP contribution in [0.5, 0.6) is 0 Å². The van der Waals surface area contributed by atoms with Crippen LogP contribution >= 0.6 is 11.6 Å². The zero-order valence-electron chi connectivity index (χ0n) is 18.7. The number of allylic oxidation sites excluding steroid dienone is 4. The minimum Gasteiger partial charge on any atom is -0.312 e. The van der Waals surface area contributed by atoms with Crippen LogP contribution in [-0.2, 0) is 0 Å². The third-order valence-electron chi connectivity index (χ3n) is 7.72. The number of rotatable bonds is 8. The van der Waals surface area contributed by atoms with E-state index < -0.39 is 0 Å². The number of hydrogen-bond donors (Lipinski definition) is 1. The molecular formula is C25H43ClN2. The molecule has 1 saturated heterocycles. The minimum atomic E-state index is 0.189. The second-order valence-corrected chi connectivity index (χ2v) is 11.0. The monoisotopic (exact) mass is 406 g/mol. The van der Waals surface area contributed by atoms with Gasteiger partial charge >= 0.3 is 0 Å². The Bertz CT molecular complexity index is 547. The van der Waals surface area contributed by atoms with E-state index in [1.54, 1.807) is 0 Å². The number of alkyl halides is 1. The van der Waals surface area contributed by atoms with Crippen molar-refractivity contribution in [1.82, 2.24) is 10.2 Å². The molecule has 3 heteroatoms. The smallest absolute Gasteiger partial charge is 0.0553 e. The van der Waals surface area contributed by atoms with Crippen molar-refractivity contribution in [3.05, 3.63) is 23.8 Å². The molecular weight excluding hydrogens is 364 g/mol. The van der Waals surface area contributed by atoms with Gasteiger partial charge in [0.25, 0.3) is 0 Å². The molecule has 2 unspecified atom stereocenters. The van der Waals surface area contributed by atoms with E-state index in [-0.39, 0.29) is 5.38 Å². The average molecular weight is 407 g/mol. The number of nitrogens with one attached hydrogen (secondary N) is 1. The number of likely N-dealkylation sites (tertiary alicyclic amines) is 1. The fraction of sp³-hybridized carbons (Fsp3) is 0.840. The third-order valence-corrected chi connectivity index (χ3v) is 8.04. The fourth-order valence-electron chi connectivity index (χ4n) is 5.65. The standard InChI is InChI=1S/C25H43ClN2/c1-5-19(2)24(27-16-20-8-6-7-9-20)17-28-15-14-23(25(3,4)18-28)21-10-12-22(26)13-11-21/h10-12,19-20,22-24,27H,5-9,13-18H2,1-4H3/t19-,22?,23?,24-/m0/s1. The first kappa shape index (κ1) is 22.4. The molecule has 0 aromatic carbocycles. The number of hydrogen-bond acceptors (Lipinski definition) is 2. The summed E-state index contributed by atoms with van der Waals surface area (Å²) in [6, 6.07) is 0.628. The van der Waals surface area contributed by atoms with E-state index >= 15 is 0 Å². The average Bonchev–Trinajstić information content (AvgIpc) is 3.18. The molecule has 2 fully saturated rings. The van der Waals surface area contributed by atoms with Crippen LogP contribution < -0.4 is 5.32 Å². The number of piperidine rings is 1. The Kier molecular flexibility index (Phi) is 8.10. The minimum absolute atomic E-state index is 0.189. The van der Waals surface area contributed by atoms with Crippen LogP contribution in [0.15, 0.2) is 23.8 Å². The molecule has 0 aromatic rings. The van der Waals surface area contributed by atoms with E-state index in [0.29, 0.717) is 17.4 Å². The molecule has 0 amide bonds. The van der Waals surface area contributed by atoms with Gasteiger partial charge in [0.2, 0.25) is 0 Å². The van der Waals surface area contributed by atoms with Gasteiger partial charge in [-0.3, -0.25) is 0 Å². The quantitative estimate of drug-likeness (QED) is 0.495. The van der Waals surface area contributed by atoms with Gasteiger partial charge in [-0.2, -0.15) is 0 Å². The summed E-state index contributed by atoms with van der Waals surface area (Å²) >= 11 is 6.25. The van der Waals surface area contributed by atoms with Crippen LogP contribution in [0.4, 0.5) is 0 Å². The Morgan fingerprint density at radius 2 is 2.00 bits per heavy atom. The predicted octanol–water partition coefficient (Wildman–Crippen LogP) is 6.02. The molecule has 3 rings (SSSR count). The molecule has 4 atom stereocenters. The van der Waals surface area contributed by atoms with Gasteiger partial charge in [0.15, 0.2) is 0 Å². The summed E-state index contributed by atoms with van der Waals surface area (Å²) in [6.07, 6.45) is 16.2. The van der Waals surface area contributed by atoms with Crippen LogP contribution in [0.1, 0.15) is 72.6 Å². The Labute approximate surface area is 179 Å². The molecule has 0 aromatic heterocycles. The Morgan fingerprint density at radius 1 is 1.25 bits per heavy atom. The summed E-state index contributed by atoms with van der Waals surface area (Å²) in [4.78, 5) is 2.74. The lowest BCUT2D eigenvalue weighted by molar-refractivity contribution is 0.0616. The van der Waals surface area contributed by atoms with Crippen molar-refractivity contribution < 1.29 is 0 Å². The van der Waals surface area contributed by atoms with Crippen LogP contribution in [0.3, 0.4) is 0 Å². The first-order valence-electron chi connectivity index (χ1n) is 11.9. The van der Waals surface area contributed by atoms with Crippen molar-refractivity contribution in [2.45, 2.75) is 84.1 Å². The highest BCUT2D eigenvalue weighted by Crippen LogP contribution is 2.41. The van der Waals surface area contributed by atoms with Gasteiger partial charge in [0.05, 0.1) is 5.38 Å². The van der Waals surface area contributed by atoms with Crippen molar-refractivity contribution in [3.63, 3.8) is 0 Å². The Balaban J connectivity index is 1.56. The van der Waals surface area contributed by atoms with Gasteiger partial charge in [-0.05, 0) is 67.5 Å². The van der Waals surface area contributed by atoms with Gasteiger partial charge in [0.1, 0.15) is 0 Å². The maximum Gasteiger partial charge on any atom is 0.0553 e. The Hall–Kier alpha value is -0.310. The van der Waals surface area contributed by atoms with E-state index in [1.165, 1.54) is 70.3 Å². The van der Waals surface area contributed by atoms with Gasteiger partial charge in [-0.25, -0.2) is 0 Å². The largest absolute Gasteiger partial charge is 0.312 e. The molecule has 0 spiro atoms. The lowest BCUT2D eigenvalue weighted by Crippen LogP contribution is -2.52. The summed E-state index contributed by atoms with van der Waals surface area (Å²) in [5, 5.41) is 4.18. The fourth-order valence-corrected chi connectivity index (χ4v) is 5.81. The maximum atomic E-state index is 6.25. The molecule has 1 aliphatic heterocycles. The van der Waals surface area contributed by atoms with Crippen molar-refractivity contribution in [1.29, 1.82) is 0 Å². The zero-order chi connectivity index (χ0) is 20.1. The zero-order valence-corrected chi connectivity index (χ0v) is 19.5. The topological polar surface area (TPSA) is 15.3 Å². The lowest BCUT2D eigenvalue weighted by Gasteiger charge is -2.47. The normalized spacial score (nSPS) is 31.0. The predicted molar refractivity (Wildman–Crippen MR) is 123 cm³/mol. The highest BCUT2D eigenvalue weighted by atomic mass is 35.5. The second kappa shape index (κ2) is 10.1. The highest BCUT2D eigenvalue weighted by molar-refractivity contribution is 6.22. The summed E-state index contributed by atoms with van der Waals surface area (Å²) in [6.45, 7) is 14.6. The molecule has 28 heavy (non-hydrogen) atoms. The molecule has 0 bridgehead atoms. The van der Waals surface area contributed by atoms with E-state index in [0.717, 1.165) is 18.3 Å². The van der Waals surface area contributed by atoms with Crippen LogP contribution in [-0.4, -0.2) is 42.5 Å². The SMILES string of the molecule is CC[C@H](C)[C@H](CN1CCC(C2=CCC(Cl)C=C2)C(C)(C)C1)NCC1CCCC1. The van der Waals surface area contributed by atoms with E-state index in [1.807, 2.05) is 0 Å². The van der Waals surface area contributed by atoms with Crippen LogP contribution in [0.2, 0.25) is 0 Å². The molecule has 0 radical (unpaired) electrons. The molecule has 1 heterocycles. The Morgan fingerprint density at radius 3 is 2.61 bits per heavy atom. The van der Waals surface area contributed by atoms with E-state index in [4.69, 9.17) is 11.6 Å². The van der Waals surface area contributed by atoms with Crippen molar-refractivity contribution in [2.24, 2.45) is 23.2 Å². The van der Waals surface area contributed by atoms with Crippen LogP contribution in [0.25, 0.3) is 0 Å².